The smallest absolute Gasteiger partial charge is 0.0131 e. The molecule has 1 heterocycles. The van der Waals surface area contributed by atoms with Crippen LogP contribution in [0, 0.1) is 22.2 Å². The molecule has 1 aliphatic rings. The summed E-state index contributed by atoms with van der Waals surface area (Å²) in [5.74, 6) is 0.821. The van der Waals surface area contributed by atoms with E-state index < -0.39 is 0 Å². The van der Waals surface area contributed by atoms with Gasteiger partial charge in [-0.3, -0.25) is 0 Å². The van der Waals surface area contributed by atoms with Gasteiger partial charge >= 0.3 is 0 Å². The average molecular weight is 379 g/mol. The molecule has 2 atom stereocenters. The first kappa shape index (κ1) is 24.7. The van der Waals surface area contributed by atoms with Crippen molar-refractivity contribution in [3.05, 3.63) is 12.2 Å². The Morgan fingerprint density at radius 3 is 2.11 bits per heavy atom. The Kier molecular flexibility index (Phi) is 8.22. The van der Waals surface area contributed by atoms with Crippen LogP contribution in [-0.4, -0.2) is 29.6 Å². The lowest BCUT2D eigenvalue weighted by Crippen LogP contribution is -2.39. The number of nitrogens with two attached hydrogens (primary N) is 1. The quantitative estimate of drug-likeness (QED) is 0.431. The van der Waals surface area contributed by atoms with E-state index in [9.17, 15) is 0 Å². The summed E-state index contributed by atoms with van der Waals surface area (Å²) in [6.45, 7) is 26.1. The highest BCUT2D eigenvalue weighted by atomic mass is 15.2. The molecule has 2 N–H and O–H groups in total. The summed E-state index contributed by atoms with van der Waals surface area (Å²) in [5.41, 5.74) is 7.22. The van der Waals surface area contributed by atoms with Crippen LogP contribution in [0.3, 0.4) is 0 Å². The highest BCUT2D eigenvalue weighted by Gasteiger charge is 2.39. The Morgan fingerprint density at radius 1 is 1.04 bits per heavy atom. The topological polar surface area (TPSA) is 29.3 Å². The van der Waals surface area contributed by atoms with Crippen molar-refractivity contribution in [2.45, 2.75) is 113 Å². The van der Waals surface area contributed by atoms with Crippen LogP contribution in [0.5, 0.6) is 0 Å². The third kappa shape index (κ3) is 8.28. The van der Waals surface area contributed by atoms with Crippen LogP contribution in [0.1, 0.15) is 101 Å². The monoisotopic (exact) mass is 378 g/mol. The molecule has 0 aromatic heterocycles. The summed E-state index contributed by atoms with van der Waals surface area (Å²) in [6, 6.07) is 0.681. The van der Waals surface area contributed by atoms with Crippen molar-refractivity contribution in [3.63, 3.8) is 0 Å². The molecule has 0 spiro atoms. The van der Waals surface area contributed by atoms with Crippen LogP contribution in [0.25, 0.3) is 0 Å². The molecule has 0 aliphatic carbocycles. The van der Waals surface area contributed by atoms with E-state index >= 15 is 0 Å². The summed E-state index contributed by atoms with van der Waals surface area (Å²) in [6.07, 6.45) is 10.7. The number of allylic oxidation sites excluding steroid dienone is 2. The summed E-state index contributed by atoms with van der Waals surface area (Å²) in [4.78, 5) is 2.65. The molecule has 1 rings (SSSR count). The second-order valence-corrected chi connectivity index (χ2v) is 12.2. The zero-order valence-electron chi connectivity index (χ0n) is 20.3. The lowest BCUT2D eigenvalue weighted by atomic mass is 9.67. The van der Waals surface area contributed by atoms with E-state index in [1.54, 1.807) is 0 Å². The highest BCUT2D eigenvalue weighted by Crippen LogP contribution is 2.45. The van der Waals surface area contributed by atoms with Crippen molar-refractivity contribution < 1.29 is 0 Å². The van der Waals surface area contributed by atoms with Crippen LogP contribution in [-0.2, 0) is 0 Å². The summed E-state index contributed by atoms with van der Waals surface area (Å²) < 4.78 is 0. The van der Waals surface area contributed by atoms with Crippen LogP contribution in [0.4, 0.5) is 0 Å². The maximum Gasteiger partial charge on any atom is 0.0131 e. The molecule has 160 valence electrons. The zero-order valence-corrected chi connectivity index (χ0v) is 20.3. The van der Waals surface area contributed by atoms with Gasteiger partial charge in [-0.05, 0) is 81.6 Å². The van der Waals surface area contributed by atoms with Crippen molar-refractivity contribution in [1.29, 1.82) is 0 Å². The molecular weight excluding hydrogens is 328 g/mol. The number of nitrogens with zero attached hydrogens (tertiary/aromatic N) is 1. The van der Waals surface area contributed by atoms with Crippen molar-refractivity contribution in [3.8, 4) is 0 Å². The van der Waals surface area contributed by atoms with E-state index in [0.717, 1.165) is 25.2 Å². The van der Waals surface area contributed by atoms with E-state index in [4.69, 9.17) is 5.73 Å². The van der Waals surface area contributed by atoms with Gasteiger partial charge in [0.15, 0.2) is 0 Å². The number of hydrogen-bond acceptors (Lipinski definition) is 2. The largest absolute Gasteiger partial charge is 0.325 e. The maximum atomic E-state index is 6.41. The third-order valence-corrected chi connectivity index (χ3v) is 6.90. The van der Waals surface area contributed by atoms with Gasteiger partial charge in [-0.25, -0.2) is 0 Å². The Labute approximate surface area is 171 Å². The van der Waals surface area contributed by atoms with Gasteiger partial charge in [0.2, 0.25) is 0 Å². The number of rotatable bonds is 10. The van der Waals surface area contributed by atoms with Gasteiger partial charge in [0.25, 0.3) is 0 Å². The first-order valence-electron chi connectivity index (χ1n) is 11.3. The van der Waals surface area contributed by atoms with Gasteiger partial charge in [0, 0.05) is 18.1 Å². The van der Waals surface area contributed by atoms with E-state index in [1.165, 1.54) is 25.9 Å². The van der Waals surface area contributed by atoms with Gasteiger partial charge in [-0.15, -0.1) is 0 Å². The van der Waals surface area contributed by atoms with Crippen LogP contribution in [0.15, 0.2) is 12.2 Å². The molecule has 2 unspecified atom stereocenters. The minimum Gasteiger partial charge on any atom is -0.325 e. The normalized spacial score (nSPS) is 22.7. The average Bonchev–Trinajstić information content (AvgIpc) is 2.95. The summed E-state index contributed by atoms with van der Waals surface area (Å²) in [5, 5.41) is 0. The van der Waals surface area contributed by atoms with E-state index in [0.29, 0.717) is 16.9 Å². The standard InChI is InChI=1S/C25H50N2/c1-11-25(10,26)19-23(6,7)15-12-14-22(4,5)18-24(8,9)21-13-16-27(17-21)20(2)3/h12,15,20-21H,11,13-14,16-19,26H2,1-10H3/b15-12+. The molecule has 1 fully saturated rings. The van der Waals surface area contributed by atoms with Gasteiger partial charge in [-0.1, -0.05) is 60.6 Å². The minimum atomic E-state index is -0.0733. The van der Waals surface area contributed by atoms with E-state index in [1.807, 2.05) is 0 Å². The first-order chi connectivity index (χ1) is 12.1. The van der Waals surface area contributed by atoms with E-state index in [2.05, 4.69) is 86.3 Å². The van der Waals surface area contributed by atoms with Gasteiger partial charge in [0.05, 0.1) is 0 Å². The van der Waals surface area contributed by atoms with Crippen LogP contribution >= 0.6 is 0 Å². The summed E-state index contributed by atoms with van der Waals surface area (Å²) >= 11 is 0. The number of likely N-dealkylation sites (tertiary alicyclic amines) is 1. The Hall–Kier alpha value is -0.340. The lowest BCUT2D eigenvalue weighted by Gasteiger charge is -2.39. The van der Waals surface area contributed by atoms with Crippen molar-refractivity contribution in [2.24, 2.45) is 27.9 Å². The predicted octanol–water partition coefficient (Wildman–Crippen LogP) is 6.65. The van der Waals surface area contributed by atoms with Gasteiger partial charge in [-0.2, -0.15) is 0 Å². The highest BCUT2D eigenvalue weighted by molar-refractivity contribution is 5.01. The molecule has 2 heteroatoms. The fourth-order valence-electron chi connectivity index (χ4n) is 5.27. The molecule has 0 aromatic carbocycles. The Balaban J connectivity index is 2.64. The first-order valence-corrected chi connectivity index (χ1v) is 11.3. The predicted molar refractivity (Wildman–Crippen MR) is 122 cm³/mol. The molecule has 27 heavy (non-hydrogen) atoms. The van der Waals surface area contributed by atoms with E-state index in [-0.39, 0.29) is 11.0 Å². The second kappa shape index (κ2) is 8.99. The minimum absolute atomic E-state index is 0.0733. The molecule has 0 saturated carbocycles. The third-order valence-electron chi connectivity index (χ3n) is 6.90. The lowest BCUT2D eigenvalue weighted by molar-refractivity contribution is 0.119. The molecule has 1 aliphatic heterocycles. The Bertz CT molecular complexity index is 483. The molecule has 0 aromatic rings. The molecule has 1 saturated heterocycles. The van der Waals surface area contributed by atoms with Crippen LogP contribution < -0.4 is 5.73 Å². The second-order valence-electron chi connectivity index (χ2n) is 12.2. The van der Waals surface area contributed by atoms with Crippen molar-refractivity contribution in [1.82, 2.24) is 4.90 Å². The molecule has 2 nitrogen and oxygen atoms in total. The zero-order chi connectivity index (χ0) is 21.1. The molecule has 0 radical (unpaired) electrons. The maximum absolute atomic E-state index is 6.41. The summed E-state index contributed by atoms with van der Waals surface area (Å²) in [7, 11) is 0. The molecule has 0 bridgehead atoms. The number of hydrogen-bond donors (Lipinski definition) is 1. The van der Waals surface area contributed by atoms with Crippen LogP contribution in [0.2, 0.25) is 0 Å². The van der Waals surface area contributed by atoms with Gasteiger partial charge in [0.1, 0.15) is 0 Å². The van der Waals surface area contributed by atoms with Gasteiger partial charge < -0.3 is 10.6 Å². The fraction of sp³-hybridized carbons (Fsp3) is 0.920. The van der Waals surface area contributed by atoms with Crippen molar-refractivity contribution >= 4 is 0 Å². The fourth-order valence-corrected chi connectivity index (χ4v) is 5.27. The molecular formula is C25H50N2. The SMILES string of the molecule is CCC(C)(N)CC(C)(C)/C=C/CC(C)(C)CC(C)(C)C1CCN(C(C)C)C1. The molecule has 0 amide bonds. The van der Waals surface area contributed by atoms with Crippen molar-refractivity contribution in [2.75, 3.05) is 13.1 Å². The Morgan fingerprint density at radius 2 is 1.63 bits per heavy atom.